The Morgan fingerprint density at radius 1 is 1.33 bits per heavy atom. The highest BCUT2D eigenvalue weighted by molar-refractivity contribution is 5.32. The zero-order valence-corrected chi connectivity index (χ0v) is 11.0. The maximum Gasteiger partial charge on any atom is 0.0846 e. The predicted molar refractivity (Wildman–Crippen MR) is 70.7 cm³/mol. The molecule has 1 atom stereocenters. The Balaban J connectivity index is 2.19. The number of benzene rings is 1. The lowest BCUT2D eigenvalue weighted by molar-refractivity contribution is 0.545. The Hall–Kier alpha value is -1.72. The van der Waals surface area contributed by atoms with Gasteiger partial charge in [-0.15, -0.1) is 5.10 Å². The standard InChI is InChI=1S/C13H19N5/c1-9-4-5-11(6-10(9)2)13(15-14)7-12-8-18(3)17-16-12/h4-6,8,13,15H,7,14H2,1-3H3. The van der Waals surface area contributed by atoms with Crippen molar-refractivity contribution in [2.75, 3.05) is 0 Å². The summed E-state index contributed by atoms with van der Waals surface area (Å²) in [6.07, 6.45) is 2.64. The molecule has 3 N–H and O–H groups in total. The molecule has 18 heavy (non-hydrogen) atoms. The van der Waals surface area contributed by atoms with Crippen LogP contribution in [0.25, 0.3) is 0 Å². The van der Waals surface area contributed by atoms with Crippen LogP contribution in [0.15, 0.2) is 24.4 Å². The fourth-order valence-corrected chi connectivity index (χ4v) is 1.95. The van der Waals surface area contributed by atoms with E-state index in [9.17, 15) is 0 Å². The van der Waals surface area contributed by atoms with Gasteiger partial charge in [-0.05, 0) is 30.5 Å². The molecule has 2 aromatic rings. The molecule has 0 radical (unpaired) electrons. The van der Waals surface area contributed by atoms with E-state index in [0.29, 0.717) is 0 Å². The molecule has 0 amide bonds. The lowest BCUT2D eigenvalue weighted by atomic mass is 9.98. The Morgan fingerprint density at radius 2 is 2.11 bits per heavy atom. The maximum absolute atomic E-state index is 5.64. The van der Waals surface area contributed by atoms with Crippen molar-refractivity contribution in [1.29, 1.82) is 0 Å². The van der Waals surface area contributed by atoms with Crippen LogP contribution in [-0.2, 0) is 13.5 Å². The molecular formula is C13H19N5. The van der Waals surface area contributed by atoms with E-state index in [2.05, 4.69) is 47.8 Å². The minimum Gasteiger partial charge on any atom is -0.271 e. The summed E-state index contributed by atoms with van der Waals surface area (Å²) >= 11 is 0. The minimum atomic E-state index is 0.0565. The van der Waals surface area contributed by atoms with Crippen LogP contribution in [0, 0.1) is 13.8 Å². The highest BCUT2D eigenvalue weighted by Crippen LogP contribution is 2.19. The van der Waals surface area contributed by atoms with Gasteiger partial charge in [0.25, 0.3) is 0 Å². The highest BCUT2D eigenvalue weighted by Gasteiger charge is 2.13. The number of nitrogens with zero attached hydrogens (tertiary/aromatic N) is 3. The van der Waals surface area contributed by atoms with Crippen LogP contribution in [-0.4, -0.2) is 15.0 Å². The molecule has 2 rings (SSSR count). The molecule has 5 nitrogen and oxygen atoms in total. The molecular weight excluding hydrogens is 226 g/mol. The van der Waals surface area contributed by atoms with Crippen LogP contribution in [0.2, 0.25) is 0 Å². The van der Waals surface area contributed by atoms with Gasteiger partial charge in [0.1, 0.15) is 0 Å². The smallest absolute Gasteiger partial charge is 0.0846 e. The van der Waals surface area contributed by atoms with Crippen molar-refractivity contribution in [2.24, 2.45) is 12.9 Å². The third-order valence-corrected chi connectivity index (χ3v) is 3.20. The third-order valence-electron chi connectivity index (χ3n) is 3.20. The van der Waals surface area contributed by atoms with Crippen LogP contribution < -0.4 is 11.3 Å². The van der Waals surface area contributed by atoms with Crippen LogP contribution in [0.3, 0.4) is 0 Å². The molecule has 0 saturated heterocycles. The Labute approximate surface area is 107 Å². The molecule has 0 aliphatic carbocycles. The SMILES string of the molecule is Cc1ccc(C(Cc2cn(C)nn2)NN)cc1C. The first-order chi connectivity index (χ1) is 8.60. The van der Waals surface area contributed by atoms with Gasteiger partial charge in [-0.2, -0.15) is 0 Å². The number of aromatic nitrogens is 3. The number of hydrogen-bond acceptors (Lipinski definition) is 4. The van der Waals surface area contributed by atoms with Crippen molar-refractivity contribution < 1.29 is 0 Å². The van der Waals surface area contributed by atoms with E-state index in [4.69, 9.17) is 5.84 Å². The fourth-order valence-electron chi connectivity index (χ4n) is 1.95. The van der Waals surface area contributed by atoms with Crippen LogP contribution >= 0.6 is 0 Å². The average Bonchev–Trinajstić information content (AvgIpc) is 2.75. The molecule has 96 valence electrons. The van der Waals surface area contributed by atoms with E-state index >= 15 is 0 Å². The van der Waals surface area contributed by atoms with Gasteiger partial charge in [0.2, 0.25) is 0 Å². The predicted octanol–water partition coefficient (Wildman–Crippen LogP) is 1.18. The topological polar surface area (TPSA) is 68.8 Å². The molecule has 0 fully saturated rings. The van der Waals surface area contributed by atoms with E-state index < -0.39 is 0 Å². The molecule has 1 heterocycles. The van der Waals surface area contributed by atoms with Crippen LogP contribution in [0.5, 0.6) is 0 Å². The van der Waals surface area contributed by atoms with Gasteiger partial charge in [0.15, 0.2) is 0 Å². The van der Waals surface area contributed by atoms with Crippen molar-refractivity contribution in [2.45, 2.75) is 26.3 Å². The first kappa shape index (κ1) is 12.7. The second-order valence-corrected chi connectivity index (χ2v) is 4.65. The highest BCUT2D eigenvalue weighted by atomic mass is 15.4. The number of hydrogen-bond donors (Lipinski definition) is 2. The summed E-state index contributed by atoms with van der Waals surface area (Å²) in [4.78, 5) is 0. The maximum atomic E-state index is 5.64. The van der Waals surface area contributed by atoms with Gasteiger partial charge < -0.3 is 0 Å². The van der Waals surface area contributed by atoms with Crippen LogP contribution in [0.4, 0.5) is 0 Å². The van der Waals surface area contributed by atoms with Gasteiger partial charge in [-0.3, -0.25) is 16.0 Å². The van der Waals surface area contributed by atoms with E-state index in [0.717, 1.165) is 12.1 Å². The molecule has 1 aromatic carbocycles. The van der Waals surface area contributed by atoms with E-state index in [1.807, 2.05) is 13.2 Å². The average molecular weight is 245 g/mol. The lowest BCUT2D eigenvalue weighted by Gasteiger charge is -2.16. The number of nitrogens with two attached hydrogens (primary N) is 1. The summed E-state index contributed by atoms with van der Waals surface area (Å²) in [7, 11) is 1.86. The summed E-state index contributed by atoms with van der Waals surface area (Å²) in [5.41, 5.74) is 7.50. The number of nitrogens with one attached hydrogen (secondary N) is 1. The summed E-state index contributed by atoms with van der Waals surface area (Å²) in [5, 5.41) is 8.01. The second kappa shape index (κ2) is 5.29. The summed E-state index contributed by atoms with van der Waals surface area (Å²) in [6.45, 7) is 4.21. The van der Waals surface area contributed by atoms with E-state index in [-0.39, 0.29) is 6.04 Å². The fraction of sp³-hybridized carbons (Fsp3) is 0.385. The molecule has 0 saturated carbocycles. The molecule has 1 unspecified atom stereocenters. The quantitative estimate of drug-likeness (QED) is 0.627. The van der Waals surface area contributed by atoms with E-state index in [1.165, 1.54) is 16.7 Å². The van der Waals surface area contributed by atoms with Crippen molar-refractivity contribution in [1.82, 2.24) is 20.4 Å². The van der Waals surface area contributed by atoms with Gasteiger partial charge >= 0.3 is 0 Å². The van der Waals surface area contributed by atoms with Crippen molar-refractivity contribution in [3.63, 3.8) is 0 Å². The summed E-state index contributed by atoms with van der Waals surface area (Å²) in [6, 6.07) is 6.44. The van der Waals surface area contributed by atoms with Crippen LogP contribution in [0.1, 0.15) is 28.4 Å². The Kier molecular flexibility index (Phi) is 3.74. The largest absolute Gasteiger partial charge is 0.271 e. The van der Waals surface area contributed by atoms with E-state index in [1.54, 1.807) is 4.68 Å². The second-order valence-electron chi connectivity index (χ2n) is 4.65. The van der Waals surface area contributed by atoms with Crippen molar-refractivity contribution in [3.05, 3.63) is 46.8 Å². The zero-order chi connectivity index (χ0) is 13.1. The summed E-state index contributed by atoms with van der Waals surface area (Å²) < 4.78 is 1.70. The monoisotopic (exact) mass is 245 g/mol. The van der Waals surface area contributed by atoms with Gasteiger partial charge in [-0.25, -0.2) is 0 Å². The van der Waals surface area contributed by atoms with Gasteiger partial charge in [0.05, 0.1) is 11.7 Å². The number of rotatable bonds is 4. The first-order valence-electron chi connectivity index (χ1n) is 5.98. The molecule has 0 aliphatic rings. The number of aryl methyl sites for hydroxylation is 3. The molecule has 5 heteroatoms. The normalized spacial score (nSPS) is 12.7. The third kappa shape index (κ3) is 2.75. The first-order valence-corrected chi connectivity index (χ1v) is 5.98. The van der Waals surface area contributed by atoms with Gasteiger partial charge in [-0.1, -0.05) is 23.4 Å². The molecule has 0 aliphatic heterocycles. The number of hydrazine groups is 1. The lowest BCUT2D eigenvalue weighted by Crippen LogP contribution is -2.29. The summed E-state index contributed by atoms with van der Waals surface area (Å²) in [5.74, 6) is 5.64. The van der Waals surface area contributed by atoms with Crippen molar-refractivity contribution >= 4 is 0 Å². The zero-order valence-electron chi connectivity index (χ0n) is 11.0. The molecule has 0 bridgehead atoms. The molecule has 0 spiro atoms. The van der Waals surface area contributed by atoms with Crippen molar-refractivity contribution in [3.8, 4) is 0 Å². The Bertz CT molecular complexity index is 532. The minimum absolute atomic E-state index is 0.0565. The Morgan fingerprint density at radius 3 is 2.67 bits per heavy atom. The molecule has 1 aromatic heterocycles. The van der Waals surface area contributed by atoms with Gasteiger partial charge in [0, 0.05) is 19.7 Å².